The molecule has 2 nitrogen and oxygen atoms in total. The fourth-order valence-corrected chi connectivity index (χ4v) is 2.66. The lowest BCUT2D eigenvalue weighted by atomic mass is 9.90. The molecule has 92 valence electrons. The summed E-state index contributed by atoms with van der Waals surface area (Å²) < 4.78 is 13.6. The molecule has 1 unspecified atom stereocenters. The monoisotopic (exact) mass is 299 g/mol. The van der Waals surface area contributed by atoms with Crippen molar-refractivity contribution in [1.82, 2.24) is 5.32 Å². The lowest BCUT2D eigenvalue weighted by Gasteiger charge is -2.22. The van der Waals surface area contributed by atoms with E-state index in [0.717, 1.165) is 24.9 Å². The fourth-order valence-electron chi connectivity index (χ4n) is 2.17. The SMILES string of the molecule is CC1(C(=O)Cc2ccc(F)cc2Br)CCCN1. The third-order valence-electron chi connectivity index (χ3n) is 3.35. The summed E-state index contributed by atoms with van der Waals surface area (Å²) >= 11 is 3.29. The standard InChI is InChI=1S/C13H15BrFNO/c1-13(5-2-6-16-13)12(17)7-9-3-4-10(15)8-11(9)14/h3-4,8,16H,2,5-7H2,1H3. The van der Waals surface area contributed by atoms with Crippen LogP contribution in [-0.4, -0.2) is 17.9 Å². The molecule has 1 aromatic rings. The fraction of sp³-hybridized carbons (Fsp3) is 0.462. The average molecular weight is 300 g/mol. The Morgan fingerprint density at radius 2 is 2.35 bits per heavy atom. The first-order valence-electron chi connectivity index (χ1n) is 5.73. The first-order valence-corrected chi connectivity index (χ1v) is 6.53. The van der Waals surface area contributed by atoms with Gasteiger partial charge in [-0.25, -0.2) is 4.39 Å². The smallest absolute Gasteiger partial charge is 0.156 e. The van der Waals surface area contributed by atoms with Gasteiger partial charge in [0.05, 0.1) is 5.54 Å². The van der Waals surface area contributed by atoms with E-state index in [-0.39, 0.29) is 11.6 Å². The molecule has 0 spiro atoms. The second kappa shape index (κ2) is 4.86. The van der Waals surface area contributed by atoms with E-state index < -0.39 is 5.54 Å². The summed E-state index contributed by atoms with van der Waals surface area (Å²) in [6.45, 7) is 2.84. The van der Waals surface area contributed by atoms with Crippen molar-refractivity contribution < 1.29 is 9.18 Å². The molecule has 1 heterocycles. The van der Waals surface area contributed by atoms with E-state index in [4.69, 9.17) is 0 Å². The van der Waals surface area contributed by atoms with Gasteiger partial charge in [-0.2, -0.15) is 0 Å². The first-order chi connectivity index (χ1) is 8.01. The van der Waals surface area contributed by atoms with Gasteiger partial charge in [0.2, 0.25) is 0 Å². The lowest BCUT2D eigenvalue weighted by Crippen LogP contribution is -2.45. The number of ketones is 1. The van der Waals surface area contributed by atoms with Crippen molar-refractivity contribution in [2.24, 2.45) is 0 Å². The van der Waals surface area contributed by atoms with E-state index in [1.54, 1.807) is 6.07 Å². The maximum Gasteiger partial charge on any atom is 0.156 e. The Morgan fingerprint density at radius 3 is 2.94 bits per heavy atom. The van der Waals surface area contributed by atoms with Crippen molar-refractivity contribution >= 4 is 21.7 Å². The van der Waals surface area contributed by atoms with E-state index in [9.17, 15) is 9.18 Å². The molecule has 4 heteroatoms. The molecule has 1 saturated heterocycles. The molecular weight excluding hydrogens is 285 g/mol. The number of hydrogen-bond donors (Lipinski definition) is 1. The molecule has 1 aliphatic rings. The van der Waals surface area contributed by atoms with Crippen molar-refractivity contribution in [3.05, 3.63) is 34.1 Å². The number of carbonyl (C=O) groups excluding carboxylic acids is 1. The quantitative estimate of drug-likeness (QED) is 0.930. The van der Waals surface area contributed by atoms with Gasteiger partial charge in [0.25, 0.3) is 0 Å². The Bertz CT molecular complexity index is 441. The Labute approximate surface area is 109 Å². The van der Waals surface area contributed by atoms with Crippen LogP contribution in [0, 0.1) is 5.82 Å². The zero-order chi connectivity index (χ0) is 12.5. The van der Waals surface area contributed by atoms with Crippen LogP contribution < -0.4 is 5.32 Å². The highest BCUT2D eigenvalue weighted by atomic mass is 79.9. The molecular formula is C13H15BrFNO. The lowest BCUT2D eigenvalue weighted by molar-refractivity contribution is -0.123. The van der Waals surface area contributed by atoms with Gasteiger partial charge < -0.3 is 5.32 Å². The number of nitrogens with one attached hydrogen (secondary N) is 1. The van der Waals surface area contributed by atoms with Crippen LogP contribution in [0.3, 0.4) is 0 Å². The molecule has 1 fully saturated rings. The topological polar surface area (TPSA) is 29.1 Å². The molecule has 1 aliphatic heterocycles. The van der Waals surface area contributed by atoms with Gasteiger partial charge in [-0.1, -0.05) is 22.0 Å². The van der Waals surface area contributed by atoms with E-state index in [0.29, 0.717) is 10.9 Å². The van der Waals surface area contributed by atoms with Crippen LogP contribution in [-0.2, 0) is 11.2 Å². The zero-order valence-electron chi connectivity index (χ0n) is 9.72. The second-order valence-corrected chi connectivity index (χ2v) is 5.55. The highest BCUT2D eigenvalue weighted by molar-refractivity contribution is 9.10. The Hall–Kier alpha value is -0.740. The summed E-state index contributed by atoms with van der Waals surface area (Å²) in [6.07, 6.45) is 2.25. The summed E-state index contributed by atoms with van der Waals surface area (Å²) in [4.78, 5) is 12.2. The molecule has 0 bridgehead atoms. The van der Waals surface area contributed by atoms with Gasteiger partial charge in [0.1, 0.15) is 5.82 Å². The maximum atomic E-state index is 12.9. The zero-order valence-corrected chi connectivity index (χ0v) is 11.3. The highest BCUT2D eigenvalue weighted by Crippen LogP contribution is 2.24. The molecule has 1 atom stereocenters. The summed E-state index contributed by atoms with van der Waals surface area (Å²) in [5.74, 6) is -0.124. The minimum atomic E-state index is -0.409. The predicted molar refractivity (Wildman–Crippen MR) is 68.5 cm³/mol. The molecule has 0 amide bonds. The van der Waals surface area contributed by atoms with Gasteiger partial charge in [-0.3, -0.25) is 4.79 Å². The van der Waals surface area contributed by atoms with Crippen LogP contribution in [0.25, 0.3) is 0 Å². The Kier molecular flexibility index (Phi) is 3.64. The van der Waals surface area contributed by atoms with Gasteiger partial charge in [-0.05, 0) is 44.0 Å². The molecule has 0 saturated carbocycles. The van der Waals surface area contributed by atoms with Gasteiger partial charge in [0.15, 0.2) is 5.78 Å². The van der Waals surface area contributed by atoms with Crippen molar-refractivity contribution in [3.63, 3.8) is 0 Å². The molecule has 17 heavy (non-hydrogen) atoms. The van der Waals surface area contributed by atoms with Crippen molar-refractivity contribution in [2.45, 2.75) is 31.7 Å². The van der Waals surface area contributed by atoms with E-state index in [2.05, 4.69) is 21.2 Å². The van der Waals surface area contributed by atoms with Crippen molar-refractivity contribution in [2.75, 3.05) is 6.54 Å². The third-order valence-corrected chi connectivity index (χ3v) is 4.09. The molecule has 0 aliphatic carbocycles. The maximum absolute atomic E-state index is 12.9. The molecule has 1 N–H and O–H groups in total. The minimum Gasteiger partial charge on any atom is -0.305 e. The Morgan fingerprint density at radius 1 is 1.59 bits per heavy atom. The summed E-state index contributed by atoms with van der Waals surface area (Å²) in [5, 5.41) is 3.24. The number of benzene rings is 1. The molecule has 2 rings (SSSR count). The molecule has 1 aromatic carbocycles. The average Bonchev–Trinajstić information content (AvgIpc) is 2.71. The normalized spacial score (nSPS) is 23.9. The summed E-state index contributed by atoms with van der Waals surface area (Å²) in [6, 6.07) is 4.44. The van der Waals surface area contributed by atoms with Crippen molar-refractivity contribution in [3.8, 4) is 0 Å². The van der Waals surface area contributed by atoms with Crippen LogP contribution in [0.15, 0.2) is 22.7 Å². The van der Waals surface area contributed by atoms with Crippen LogP contribution in [0.4, 0.5) is 4.39 Å². The molecule has 0 radical (unpaired) electrons. The third kappa shape index (κ3) is 2.75. The van der Waals surface area contributed by atoms with Gasteiger partial charge >= 0.3 is 0 Å². The van der Waals surface area contributed by atoms with Crippen LogP contribution in [0.2, 0.25) is 0 Å². The van der Waals surface area contributed by atoms with Crippen LogP contribution >= 0.6 is 15.9 Å². The first kappa shape index (κ1) is 12.7. The largest absolute Gasteiger partial charge is 0.305 e. The number of Topliss-reactive ketones (excluding diaryl/α,β-unsaturated/α-hetero) is 1. The number of hydrogen-bond acceptors (Lipinski definition) is 2. The minimum absolute atomic E-state index is 0.169. The predicted octanol–water partition coefficient (Wildman–Crippen LogP) is 2.84. The van der Waals surface area contributed by atoms with Gasteiger partial charge in [0, 0.05) is 10.9 Å². The number of rotatable bonds is 3. The number of halogens is 2. The van der Waals surface area contributed by atoms with E-state index >= 15 is 0 Å². The molecule has 0 aromatic heterocycles. The van der Waals surface area contributed by atoms with Crippen LogP contribution in [0.1, 0.15) is 25.3 Å². The Balaban J connectivity index is 2.13. The number of carbonyl (C=O) groups is 1. The van der Waals surface area contributed by atoms with E-state index in [1.165, 1.54) is 12.1 Å². The summed E-state index contributed by atoms with van der Waals surface area (Å²) in [5.41, 5.74) is 0.430. The second-order valence-electron chi connectivity index (χ2n) is 4.70. The van der Waals surface area contributed by atoms with Gasteiger partial charge in [-0.15, -0.1) is 0 Å². The van der Waals surface area contributed by atoms with Crippen molar-refractivity contribution in [1.29, 1.82) is 0 Å². The van der Waals surface area contributed by atoms with Crippen LogP contribution in [0.5, 0.6) is 0 Å². The van der Waals surface area contributed by atoms with E-state index in [1.807, 2.05) is 6.92 Å². The highest BCUT2D eigenvalue weighted by Gasteiger charge is 2.35. The summed E-state index contributed by atoms with van der Waals surface area (Å²) in [7, 11) is 0.